The molecule has 3 aliphatic heterocycles. The fourth-order valence-corrected chi connectivity index (χ4v) is 6.30. The summed E-state index contributed by atoms with van der Waals surface area (Å²) in [6.07, 6.45) is 6.89. The van der Waals surface area contributed by atoms with Gasteiger partial charge in [-0.15, -0.1) is 0 Å². The molecule has 0 saturated carbocycles. The molecule has 0 bridgehead atoms. The number of allylic oxidation sites excluding steroid dienone is 1. The second-order valence-electron chi connectivity index (χ2n) is 11.1. The third-order valence-corrected chi connectivity index (χ3v) is 8.55. The summed E-state index contributed by atoms with van der Waals surface area (Å²) < 4.78 is 1.40. The van der Waals surface area contributed by atoms with E-state index in [-0.39, 0.29) is 23.8 Å². The SMILES string of the molecule is CN=C/C(=C\N)n1cnc2ccc(CN3CCC(c4ccc5c(c4)CN(C4CCC(=O)NC4=O)C5=O)CC3)cc2c1=O. The molecule has 1 unspecified atom stereocenters. The third kappa shape index (κ3) is 5.11. The van der Waals surface area contributed by atoms with Crippen molar-refractivity contribution >= 4 is 40.5 Å². The third-order valence-electron chi connectivity index (χ3n) is 8.55. The van der Waals surface area contributed by atoms with Crippen LogP contribution in [0.25, 0.3) is 16.6 Å². The van der Waals surface area contributed by atoms with Gasteiger partial charge in [-0.3, -0.25) is 39.0 Å². The number of hydrogen-bond donors (Lipinski definition) is 2. The first-order valence-electron chi connectivity index (χ1n) is 14.2. The van der Waals surface area contributed by atoms with Gasteiger partial charge in [-0.1, -0.05) is 18.2 Å². The molecule has 216 valence electrons. The number of carbonyl (C=O) groups excluding carboxylic acids is 3. The quantitative estimate of drug-likeness (QED) is 0.343. The number of piperidine rings is 2. The van der Waals surface area contributed by atoms with Crippen LogP contribution >= 0.6 is 0 Å². The summed E-state index contributed by atoms with van der Waals surface area (Å²) in [6.45, 7) is 2.93. The predicted octanol–water partition coefficient (Wildman–Crippen LogP) is 1.99. The Morgan fingerprint density at radius 3 is 2.64 bits per heavy atom. The molecule has 2 saturated heterocycles. The Bertz CT molecular complexity index is 1700. The molecule has 0 aliphatic carbocycles. The van der Waals surface area contributed by atoms with E-state index in [2.05, 4.69) is 26.3 Å². The lowest BCUT2D eigenvalue weighted by atomic mass is 9.87. The van der Waals surface area contributed by atoms with Crippen LogP contribution in [-0.2, 0) is 22.7 Å². The highest BCUT2D eigenvalue weighted by Crippen LogP contribution is 2.34. The van der Waals surface area contributed by atoms with Crippen LogP contribution in [0.3, 0.4) is 0 Å². The van der Waals surface area contributed by atoms with E-state index in [0.717, 1.165) is 43.6 Å². The minimum absolute atomic E-state index is 0.146. The second-order valence-corrected chi connectivity index (χ2v) is 11.1. The van der Waals surface area contributed by atoms with Crippen molar-refractivity contribution < 1.29 is 14.4 Å². The summed E-state index contributed by atoms with van der Waals surface area (Å²) in [6, 6.07) is 11.3. The van der Waals surface area contributed by atoms with Gasteiger partial charge in [0.15, 0.2) is 0 Å². The van der Waals surface area contributed by atoms with Gasteiger partial charge >= 0.3 is 0 Å². The van der Waals surface area contributed by atoms with Crippen molar-refractivity contribution in [2.75, 3.05) is 20.1 Å². The molecule has 0 radical (unpaired) electrons. The Morgan fingerprint density at radius 1 is 1.10 bits per heavy atom. The zero-order valence-corrected chi connectivity index (χ0v) is 23.5. The molecule has 42 heavy (non-hydrogen) atoms. The van der Waals surface area contributed by atoms with E-state index >= 15 is 0 Å². The molecule has 6 rings (SSSR count). The Balaban J connectivity index is 1.11. The fraction of sp³-hybridized carbons (Fsp3) is 0.355. The molecule has 1 atom stereocenters. The Hall–Kier alpha value is -4.64. The van der Waals surface area contributed by atoms with Crippen LogP contribution in [0.2, 0.25) is 0 Å². The average Bonchev–Trinajstić information content (AvgIpc) is 3.32. The van der Waals surface area contributed by atoms with Crippen LogP contribution in [0, 0.1) is 0 Å². The van der Waals surface area contributed by atoms with Crippen LogP contribution in [0.4, 0.5) is 0 Å². The maximum atomic E-state index is 13.2. The van der Waals surface area contributed by atoms with Crippen molar-refractivity contribution in [2.45, 2.75) is 50.7 Å². The van der Waals surface area contributed by atoms with E-state index in [1.165, 1.54) is 28.9 Å². The standard InChI is InChI=1S/C31H33N7O4/c1-33-15-23(14-32)38-18-34-26-5-2-19(12-25(26)31(38)42)16-36-10-8-20(9-11-36)21-3-4-24-22(13-21)17-37(30(24)41)27-6-7-28(39)35-29(27)40/h2-5,12-15,18,20,27H,6-11,16-17,32H2,1H3,(H,35,39,40)/b23-14+,33-15?. The first-order valence-corrected chi connectivity index (χ1v) is 14.2. The summed E-state index contributed by atoms with van der Waals surface area (Å²) in [7, 11) is 1.62. The maximum Gasteiger partial charge on any atom is 0.265 e. The summed E-state index contributed by atoms with van der Waals surface area (Å²) in [5.74, 6) is -0.448. The smallest absolute Gasteiger partial charge is 0.265 e. The minimum Gasteiger partial charge on any atom is -0.403 e. The summed E-state index contributed by atoms with van der Waals surface area (Å²) in [5, 5.41) is 2.89. The van der Waals surface area contributed by atoms with Gasteiger partial charge in [0.25, 0.3) is 11.5 Å². The van der Waals surface area contributed by atoms with E-state index in [1.807, 2.05) is 30.3 Å². The fourth-order valence-electron chi connectivity index (χ4n) is 6.30. The summed E-state index contributed by atoms with van der Waals surface area (Å²) in [5.41, 5.74) is 10.4. The largest absolute Gasteiger partial charge is 0.403 e. The molecule has 3 aromatic rings. The van der Waals surface area contributed by atoms with Gasteiger partial charge in [-0.25, -0.2) is 4.98 Å². The molecule has 3 N–H and O–H groups in total. The molecule has 2 aromatic carbocycles. The number of aliphatic imine (C=N–C) groups is 1. The Labute approximate surface area is 242 Å². The highest BCUT2D eigenvalue weighted by molar-refractivity contribution is 6.05. The van der Waals surface area contributed by atoms with E-state index in [1.54, 1.807) is 11.9 Å². The molecule has 11 nitrogen and oxygen atoms in total. The topological polar surface area (TPSA) is 143 Å². The molecule has 3 amide bonds. The maximum absolute atomic E-state index is 13.2. The number of nitrogens with one attached hydrogen (secondary N) is 1. The predicted molar refractivity (Wildman–Crippen MR) is 159 cm³/mol. The van der Waals surface area contributed by atoms with Crippen LogP contribution in [-0.4, -0.2) is 69.5 Å². The number of hydrogen-bond acceptors (Lipinski definition) is 8. The van der Waals surface area contributed by atoms with Crippen molar-refractivity contribution in [1.29, 1.82) is 0 Å². The molecular formula is C31H33N7O4. The number of carbonyl (C=O) groups is 3. The van der Waals surface area contributed by atoms with Gasteiger partial charge in [0.2, 0.25) is 11.8 Å². The second kappa shape index (κ2) is 11.3. The van der Waals surface area contributed by atoms with E-state index in [9.17, 15) is 19.2 Å². The molecule has 0 spiro atoms. The van der Waals surface area contributed by atoms with Crippen LogP contribution in [0.5, 0.6) is 0 Å². The first-order chi connectivity index (χ1) is 20.4. The molecule has 3 aliphatic rings. The van der Waals surface area contributed by atoms with Gasteiger partial charge in [-0.05, 0) is 73.2 Å². The number of rotatable bonds is 6. The number of nitrogens with two attached hydrogens (primary N) is 1. The zero-order valence-electron chi connectivity index (χ0n) is 23.5. The lowest BCUT2D eigenvalue weighted by Gasteiger charge is -2.32. The lowest BCUT2D eigenvalue weighted by molar-refractivity contribution is -0.136. The van der Waals surface area contributed by atoms with Gasteiger partial charge in [0.05, 0.1) is 16.6 Å². The lowest BCUT2D eigenvalue weighted by Crippen LogP contribution is -2.52. The number of amides is 3. The number of nitrogens with zero attached hydrogens (tertiary/aromatic N) is 5. The number of imide groups is 1. The summed E-state index contributed by atoms with van der Waals surface area (Å²) >= 11 is 0. The van der Waals surface area contributed by atoms with Crippen molar-refractivity contribution in [3.63, 3.8) is 0 Å². The van der Waals surface area contributed by atoms with Crippen LogP contribution in [0.15, 0.2) is 58.7 Å². The molecule has 4 heterocycles. The van der Waals surface area contributed by atoms with Gasteiger partial charge in [0.1, 0.15) is 12.4 Å². The Kier molecular flexibility index (Phi) is 7.42. The molecular weight excluding hydrogens is 534 g/mol. The zero-order chi connectivity index (χ0) is 29.4. The Morgan fingerprint density at radius 2 is 1.90 bits per heavy atom. The van der Waals surface area contributed by atoms with Gasteiger partial charge < -0.3 is 10.6 Å². The highest BCUT2D eigenvalue weighted by atomic mass is 16.2. The molecule has 1 aromatic heterocycles. The first kappa shape index (κ1) is 27.5. The summed E-state index contributed by atoms with van der Waals surface area (Å²) in [4.78, 5) is 62.5. The normalized spacial score (nSPS) is 20.5. The highest BCUT2D eigenvalue weighted by Gasteiger charge is 2.39. The monoisotopic (exact) mass is 567 g/mol. The number of likely N-dealkylation sites (tertiary alicyclic amines) is 1. The van der Waals surface area contributed by atoms with Crippen LogP contribution in [0.1, 0.15) is 58.6 Å². The van der Waals surface area contributed by atoms with E-state index < -0.39 is 11.9 Å². The van der Waals surface area contributed by atoms with E-state index in [0.29, 0.717) is 41.0 Å². The minimum atomic E-state index is -0.604. The number of aromatic nitrogens is 2. The van der Waals surface area contributed by atoms with Gasteiger partial charge in [-0.2, -0.15) is 0 Å². The van der Waals surface area contributed by atoms with Gasteiger partial charge in [0, 0.05) is 44.5 Å². The van der Waals surface area contributed by atoms with E-state index in [4.69, 9.17) is 5.73 Å². The molecule has 2 fully saturated rings. The number of fused-ring (bicyclic) bond motifs is 2. The molecule has 11 heteroatoms. The van der Waals surface area contributed by atoms with Crippen molar-refractivity contribution in [3.8, 4) is 0 Å². The number of benzene rings is 2. The van der Waals surface area contributed by atoms with Crippen molar-refractivity contribution in [1.82, 2.24) is 24.7 Å². The van der Waals surface area contributed by atoms with Crippen molar-refractivity contribution in [2.24, 2.45) is 10.7 Å². The van der Waals surface area contributed by atoms with Crippen LogP contribution < -0.4 is 16.6 Å². The average molecular weight is 568 g/mol. The van der Waals surface area contributed by atoms with Crippen molar-refractivity contribution in [3.05, 3.63) is 81.5 Å².